The summed E-state index contributed by atoms with van der Waals surface area (Å²) in [6.45, 7) is 3.10. The van der Waals surface area contributed by atoms with Crippen LogP contribution >= 0.6 is 15.9 Å². The van der Waals surface area contributed by atoms with E-state index in [1.165, 1.54) is 12.3 Å². The number of aromatic nitrogens is 1. The van der Waals surface area contributed by atoms with Gasteiger partial charge in [0.15, 0.2) is 6.61 Å². The van der Waals surface area contributed by atoms with E-state index in [1.54, 1.807) is 6.07 Å². The summed E-state index contributed by atoms with van der Waals surface area (Å²) in [5.74, 6) is -1.38. The van der Waals surface area contributed by atoms with Crippen LogP contribution in [0, 0.1) is 0 Å². The number of carbonyl (C=O) groups excluding carboxylic acids is 3. The predicted octanol–water partition coefficient (Wildman–Crippen LogP) is 2.10. The summed E-state index contributed by atoms with van der Waals surface area (Å²) < 4.78 is 5.73. The molecule has 2 rings (SSSR count). The van der Waals surface area contributed by atoms with Crippen molar-refractivity contribution in [3.63, 3.8) is 0 Å². The summed E-state index contributed by atoms with van der Waals surface area (Å²) in [6.07, 6.45) is 2.98. The summed E-state index contributed by atoms with van der Waals surface area (Å²) in [5.41, 5.74) is 1.08. The number of aromatic amines is 1. The first kappa shape index (κ1) is 16.8. The van der Waals surface area contributed by atoms with Crippen LogP contribution in [-0.2, 0) is 9.53 Å². The first-order chi connectivity index (χ1) is 11.0. The van der Waals surface area contributed by atoms with Gasteiger partial charge in [-0.05, 0) is 18.2 Å². The van der Waals surface area contributed by atoms with Crippen molar-refractivity contribution in [3.05, 3.63) is 47.1 Å². The Morgan fingerprint density at radius 3 is 2.87 bits per heavy atom. The second-order valence-electron chi connectivity index (χ2n) is 4.52. The number of hydrogen-bond donors (Lipinski definition) is 3. The Morgan fingerprint density at radius 1 is 1.35 bits per heavy atom. The number of H-pyrrole nitrogens is 1. The fourth-order valence-corrected chi connectivity index (χ4v) is 2.20. The largest absolute Gasteiger partial charge is 0.452 e. The molecule has 0 aliphatic rings. The van der Waals surface area contributed by atoms with Crippen LogP contribution in [0.5, 0.6) is 0 Å². The van der Waals surface area contributed by atoms with Crippen molar-refractivity contribution < 1.29 is 19.1 Å². The lowest BCUT2D eigenvalue weighted by Crippen LogP contribution is -2.41. The van der Waals surface area contributed by atoms with E-state index in [-0.39, 0.29) is 6.54 Å². The molecule has 0 fully saturated rings. The van der Waals surface area contributed by atoms with Gasteiger partial charge in [-0.25, -0.2) is 9.59 Å². The molecule has 8 heteroatoms. The summed E-state index contributed by atoms with van der Waals surface area (Å²) in [4.78, 5) is 37.8. The molecule has 0 spiro atoms. The van der Waals surface area contributed by atoms with E-state index in [4.69, 9.17) is 4.74 Å². The number of amides is 3. The van der Waals surface area contributed by atoms with Gasteiger partial charge in [-0.15, -0.1) is 6.58 Å². The molecule has 1 heterocycles. The van der Waals surface area contributed by atoms with Crippen LogP contribution in [0.1, 0.15) is 10.4 Å². The van der Waals surface area contributed by atoms with E-state index in [9.17, 15) is 14.4 Å². The summed E-state index contributed by atoms with van der Waals surface area (Å²) in [5, 5.41) is 5.08. The Hall–Kier alpha value is -2.61. The van der Waals surface area contributed by atoms with Crippen LogP contribution < -0.4 is 10.6 Å². The highest BCUT2D eigenvalue weighted by atomic mass is 79.9. The second-order valence-corrected chi connectivity index (χ2v) is 5.43. The van der Waals surface area contributed by atoms with Gasteiger partial charge in [0.1, 0.15) is 0 Å². The first-order valence-corrected chi connectivity index (χ1v) is 7.43. The van der Waals surface area contributed by atoms with Gasteiger partial charge >= 0.3 is 12.0 Å². The number of benzene rings is 1. The molecule has 7 nitrogen and oxygen atoms in total. The molecule has 0 bridgehead atoms. The zero-order chi connectivity index (χ0) is 16.8. The minimum Gasteiger partial charge on any atom is -0.452 e. The molecule has 3 N–H and O–H groups in total. The van der Waals surface area contributed by atoms with Crippen molar-refractivity contribution in [2.45, 2.75) is 0 Å². The fourth-order valence-electron chi connectivity index (χ4n) is 1.84. The molecule has 0 atom stereocenters. The van der Waals surface area contributed by atoms with Crippen LogP contribution in [0.15, 0.2) is 41.5 Å². The molecule has 23 heavy (non-hydrogen) atoms. The molecule has 0 saturated carbocycles. The van der Waals surface area contributed by atoms with Gasteiger partial charge in [0.2, 0.25) is 0 Å². The Bertz CT molecular complexity index is 769. The quantitative estimate of drug-likeness (QED) is 0.546. The average Bonchev–Trinajstić information content (AvgIpc) is 2.93. The van der Waals surface area contributed by atoms with Crippen molar-refractivity contribution >= 4 is 44.7 Å². The number of fused-ring (bicyclic) bond motifs is 1. The third kappa shape index (κ3) is 4.43. The van der Waals surface area contributed by atoms with Gasteiger partial charge in [0.05, 0.1) is 5.56 Å². The van der Waals surface area contributed by atoms with E-state index in [0.717, 1.165) is 9.99 Å². The highest BCUT2D eigenvalue weighted by molar-refractivity contribution is 9.10. The van der Waals surface area contributed by atoms with Gasteiger partial charge in [0, 0.05) is 28.1 Å². The van der Waals surface area contributed by atoms with Crippen molar-refractivity contribution in [1.29, 1.82) is 0 Å². The highest BCUT2D eigenvalue weighted by Crippen LogP contribution is 2.23. The minimum absolute atomic E-state index is 0.225. The third-order valence-corrected chi connectivity index (χ3v) is 3.35. The maximum absolute atomic E-state index is 12.0. The topological polar surface area (TPSA) is 100 Å². The zero-order valence-corrected chi connectivity index (χ0v) is 13.6. The van der Waals surface area contributed by atoms with E-state index < -0.39 is 24.5 Å². The van der Waals surface area contributed by atoms with Crippen molar-refractivity contribution in [2.75, 3.05) is 13.2 Å². The summed E-state index contributed by atoms with van der Waals surface area (Å²) in [6, 6.07) is 4.74. The molecule has 3 amide bonds. The molecule has 120 valence electrons. The van der Waals surface area contributed by atoms with Crippen molar-refractivity contribution in [1.82, 2.24) is 15.6 Å². The summed E-state index contributed by atoms with van der Waals surface area (Å²) >= 11 is 3.33. The van der Waals surface area contributed by atoms with Crippen LogP contribution in [0.3, 0.4) is 0 Å². The van der Waals surface area contributed by atoms with Gasteiger partial charge in [-0.3, -0.25) is 10.1 Å². The Labute approximate surface area is 140 Å². The standard InChI is InChI=1S/C15H14BrN3O4/c1-2-5-17-15(22)19-13(20)8-23-14(21)11-7-18-12-4-3-9(16)6-10(11)12/h2-4,6-7,18H,1,5,8H2,(H2,17,19,20,22). The maximum atomic E-state index is 12.0. The normalized spacial score (nSPS) is 10.1. The SMILES string of the molecule is C=CCNC(=O)NC(=O)COC(=O)c1c[nH]c2ccc(Br)cc12. The molecule has 0 aliphatic carbocycles. The van der Waals surface area contributed by atoms with Gasteiger partial charge < -0.3 is 15.0 Å². The smallest absolute Gasteiger partial charge is 0.340 e. The van der Waals surface area contributed by atoms with Gasteiger partial charge in [0.25, 0.3) is 5.91 Å². The summed E-state index contributed by atoms with van der Waals surface area (Å²) in [7, 11) is 0. The van der Waals surface area contributed by atoms with E-state index >= 15 is 0 Å². The Balaban J connectivity index is 1.93. The van der Waals surface area contributed by atoms with Crippen molar-refractivity contribution in [2.24, 2.45) is 0 Å². The molecule has 0 unspecified atom stereocenters. The number of halogens is 1. The van der Waals surface area contributed by atoms with Crippen molar-refractivity contribution in [3.8, 4) is 0 Å². The van der Waals surface area contributed by atoms with Crippen LogP contribution in [0.2, 0.25) is 0 Å². The Morgan fingerprint density at radius 2 is 2.13 bits per heavy atom. The monoisotopic (exact) mass is 379 g/mol. The number of ether oxygens (including phenoxy) is 1. The molecule has 1 aromatic carbocycles. The third-order valence-electron chi connectivity index (χ3n) is 2.86. The molecular weight excluding hydrogens is 366 g/mol. The number of hydrogen-bond acceptors (Lipinski definition) is 4. The lowest BCUT2D eigenvalue weighted by Gasteiger charge is -2.06. The second kappa shape index (κ2) is 7.59. The molecule has 2 aromatic rings. The van der Waals surface area contributed by atoms with Gasteiger partial charge in [-0.1, -0.05) is 22.0 Å². The maximum Gasteiger partial charge on any atom is 0.340 e. The fraction of sp³-hybridized carbons (Fsp3) is 0.133. The minimum atomic E-state index is -0.721. The number of esters is 1. The molecule has 0 aliphatic heterocycles. The van der Waals surface area contributed by atoms with E-state index in [1.807, 2.05) is 17.4 Å². The lowest BCUT2D eigenvalue weighted by atomic mass is 10.2. The highest BCUT2D eigenvalue weighted by Gasteiger charge is 2.16. The van der Waals surface area contributed by atoms with Crippen LogP contribution in [0.25, 0.3) is 10.9 Å². The van der Waals surface area contributed by atoms with E-state index in [0.29, 0.717) is 10.9 Å². The first-order valence-electron chi connectivity index (χ1n) is 6.63. The van der Waals surface area contributed by atoms with Crippen LogP contribution in [0.4, 0.5) is 4.79 Å². The Kier molecular flexibility index (Phi) is 5.53. The lowest BCUT2D eigenvalue weighted by molar-refractivity contribution is -0.123. The number of imide groups is 1. The molecule has 1 aromatic heterocycles. The number of nitrogens with one attached hydrogen (secondary N) is 3. The number of carbonyl (C=O) groups is 3. The average molecular weight is 380 g/mol. The number of rotatable bonds is 5. The van der Waals surface area contributed by atoms with Crippen LogP contribution in [-0.4, -0.2) is 36.0 Å². The number of urea groups is 1. The van der Waals surface area contributed by atoms with E-state index in [2.05, 4.69) is 32.8 Å². The molecular formula is C15H14BrN3O4. The molecule has 0 saturated heterocycles. The predicted molar refractivity (Wildman–Crippen MR) is 88.0 cm³/mol. The zero-order valence-electron chi connectivity index (χ0n) is 12.0. The molecule has 0 radical (unpaired) electrons. The van der Waals surface area contributed by atoms with Gasteiger partial charge in [-0.2, -0.15) is 0 Å².